The number of aryl methyl sites for hydroxylation is 2. The van der Waals surface area contributed by atoms with Crippen molar-refractivity contribution in [2.75, 3.05) is 6.38 Å². The van der Waals surface area contributed by atoms with E-state index >= 15 is 0 Å². The number of hydrogen-bond donors (Lipinski definition) is 0. The number of benzene rings is 1. The summed E-state index contributed by atoms with van der Waals surface area (Å²) in [5.74, 6) is 0. The monoisotopic (exact) mass is 156 g/mol. The van der Waals surface area contributed by atoms with E-state index < -0.39 is 0 Å². The summed E-state index contributed by atoms with van der Waals surface area (Å²) in [6.45, 7) is 4.19. The Balaban J connectivity index is 0.000000371. The first-order valence-electron chi connectivity index (χ1n) is 3.20. The first-order valence-corrected chi connectivity index (χ1v) is 3.96. The lowest BCUT2D eigenvalue weighted by molar-refractivity contribution is 1.40. The molecule has 1 aromatic rings. The fourth-order valence-corrected chi connectivity index (χ4v) is 0.637. The van der Waals surface area contributed by atoms with Crippen LogP contribution < -0.4 is 0 Å². The van der Waals surface area contributed by atoms with E-state index in [1.807, 2.05) is 0 Å². The zero-order valence-corrected chi connectivity index (χ0v) is 7.44. The van der Waals surface area contributed by atoms with Crippen LogP contribution in [0, 0.1) is 13.8 Å². The van der Waals surface area contributed by atoms with Gasteiger partial charge in [-0.1, -0.05) is 35.4 Å². The van der Waals surface area contributed by atoms with Gasteiger partial charge in [-0.15, -0.1) is 11.6 Å². The van der Waals surface area contributed by atoms with Crippen LogP contribution in [0.2, 0.25) is 0 Å². The molecule has 0 aliphatic rings. The molecular weight excluding hydrogens is 144 g/mol. The van der Waals surface area contributed by atoms with Gasteiger partial charge in [0.05, 0.1) is 0 Å². The highest BCUT2D eigenvalue weighted by Gasteiger charge is 1.79. The van der Waals surface area contributed by atoms with E-state index in [0.29, 0.717) is 0 Å². The molecule has 1 aromatic carbocycles. The minimum atomic E-state index is 1.33. The standard InChI is InChI=1S/C8H10.CH3Cl/c1-7-3-5-8(2)6-4-7;1-2/h3-6H,1-2H3;1H3. The molecule has 0 bridgehead atoms. The average Bonchev–Trinajstić information content (AvgIpc) is 2.00. The predicted octanol–water partition coefficient (Wildman–Crippen LogP) is 3.16. The Bertz CT molecular complexity index is 144. The molecule has 0 heterocycles. The molecule has 0 aliphatic heterocycles. The number of alkyl halides is 1. The summed E-state index contributed by atoms with van der Waals surface area (Å²) in [6, 6.07) is 8.48. The van der Waals surface area contributed by atoms with E-state index in [-0.39, 0.29) is 0 Å². The van der Waals surface area contributed by atoms with Crippen molar-refractivity contribution in [2.24, 2.45) is 0 Å². The fraction of sp³-hybridized carbons (Fsp3) is 0.333. The van der Waals surface area contributed by atoms with Gasteiger partial charge in [-0.25, -0.2) is 0 Å². The highest BCUT2D eigenvalue weighted by atomic mass is 35.5. The van der Waals surface area contributed by atoms with Crippen molar-refractivity contribution in [3.05, 3.63) is 35.4 Å². The Hall–Kier alpha value is -0.490. The molecule has 0 unspecified atom stereocenters. The average molecular weight is 157 g/mol. The smallest absolute Gasteiger partial charge is 0.0108 e. The zero-order chi connectivity index (χ0) is 7.98. The largest absolute Gasteiger partial charge is 0.130 e. The maximum Gasteiger partial charge on any atom is 0.0108 e. The SMILES string of the molecule is CCl.Cc1ccc(C)cc1. The molecule has 0 nitrogen and oxygen atoms in total. The van der Waals surface area contributed by atoms with Gasteiger partial charge in [0.1, 0.15) is 0 Å². The molecule has 56 valence electrons. The molecule has 1 heteroatoms. The third-order valence-electron chi connectivity index (χ3n) is 1.22. The van der Waals surface area contributed by atoms with E-state index in [4.69, 9.17) is 0 Å². The molecule has 10 heavy (non-hydrogen) atoms. The zero-order valence-electron chi connectivity index (χ0n) is 6.69. The van der Waals surface area contributed by atoms with Crippen LogP contribution in [0.4, 0.5) is 0 Å². The maximum absolute atomic E-state index is 4.64. The Kier molecular flexibility index (Phi) is 5.05. The fourth-order valence-electron chi connectivity index (χ4n) is 0.637. The molecule has 0 amide bonds. The molecule has 0 atom stereocenters. The molecule has 0 saturated heterocycles. The molecule has 0 fully saturated rings. The van der Waals surface area contributed by atoms with Gasteiger partial charge in [-0.3, -0.25) is 0 Å². The van der Waals surface area contributed by atoms with Crippen LogP contribution in [-0.4, -0.2) is 6.38 Å². The van der Waals surface area contributed by atoms with Gasteiger partial charge in [0.25, 0.3) is 0 Å². The third kappa shape index (κ3) is 3.52. The van der Waals surface area contributed by atoms with Gasteiger partial charge >= 0.3 is 0 Å². The maximum atomic E-state index is 4.64. The predicted molar refractivity (Wildman–Crippen MR) is 47.7 cm³/mol. The van der Waals surface area contributed by atoms with Crippen LogP contribution in [0.25, 0.3) is 0 Å². The molecule has 1 rings (SSSR count). The first kappa shape index (κ1) is 9.51. The summed E-state index contributed by atoms with van der Waals surface area (Å²) >= 11 is 4.64. The lowest BCUT2D eigenvalue weighted by Gasteiger charge is -1.90. The Morgan fingerprint density at radius 3 is 1.20 bits per heavy atom. The second kappa shape index (κ2) is 5.31. The normalized spacial score (nSPS) is 8.00. The minimum absolute atomic E-state index is 1.33. The van der Waals surface area contributed by atoms with Gasteiger partial charge < -0.3 is 0 Å². The van der Waals surface area contributed by atoms with Crippen LogP contribution in [0.5, 0.6) is 0 Å². The lowest BCUT2D eigenvalue weighted by Crippen LogP contribution is -1.70. The quantitative estimate of drug-likeness (QED) is 0.507. The van der Waals surface area contributed by atoms with Gasteiger partial charge in [0, 0.05) is 6.38 Å². The second-order valence-corrected chi connectivity index (χ2v) is 2.15. The van der Waals surface area contributed by atoms with Crippen molar-refractivity contribution in [3.8, 4) is 0 Å². The van der Waals surface area contributed by atoms with Crippen molar-refractivity contribution in [2.45, 2.75) is 13.8 Å². The second-order valence-electron chi connectivity index (χ2n) is 2.15. The molecule has 0 N–H and O–H groups in total. The van der Waals surface area contributed by atoms with Gasteiger partial charge in [-0.2, -0.15) is 0 Å². The minimum Gasteiger partial charge on any atom is -0.130 e. The van der Waals surface area contributed by atoms with Gasteiger partial charge in [-0.05, 0) is 13.8 Å². The van der Waals surface area contributed by atoms with Crippen molar-refractivity contribution >= 4 is 11.6 Å². The van der Waals surface area contributed by atoms with Crippen molar-refractivity contribution in [1.82, 2.24) is 0 Å². The van der Waals surface area contributed by atoms with Crippen LogP contribution in [0.3, 0.4) is 0 Å². The molecule has 0 aliphatic carbocycles. The van der Waals surface area contributed by atoms with Crippen LogP contribution in [-0.2, 0) is 0 Å². The lowest BCUT2D eigenvalue weighted by atomic mass is 10.2. The van der Waals surface area contributed by atoms with Crippen LogP contribution in [0.15, 0.2) is 24.3 Å². The third-order valence-corrected chi connectivity index (χ3v) is 1.22. The summed E-state index contributed by atoms with van der Waals surface area (Å²) < 4.78 is 0. The van der Waals surface area contributed by atoms with E-state index in [2.05, 4.69) is 49.7 Å². The van der Waals surface area contributed by atoms with E-state index in [1.54, 1.807) is 0 Å². The Labute approximate surface area is 67.8 Å². The number of hydrogen-bond acceptors (Lipinski definition) is 0. The van der Waals surface area contributed by atoms with E-state index in [0.717, 1.165) is 0 Å². The highest BCUT2D eigenvalue weighted by Crippen LogP contribution is 1.99. The first-order chi connectivity index (χ1) is 4.79. The number of halogens is 1. The van der Waals surface area contributed by atoms with Crippen molar-refractivity contribution in [1.29, 1.82) is 0 Å². The Morgan fingerprint density at radius 1 is 0.800 bits per heavy atom. The van der Waals surface area contributed by atoms with E-state index in [9.17, 15) is 0 Å². The summed E-state index contributed by atoms with van der Waals surface area (Å²) in [6.07, 6.45) is 1.47. The van der Waals surface area contributed by atoms with E-state index in [1.165, 1.54) is 17.5 Å². The molecule has 0 aromatic heterocycles. The highest BCUT2D eigenvalue weighted by molar-refractivity contribution is 6.15. The molecular formula is C9H13Cl. The molecule has 0 saturated carbocycles. The van der Waals surface area contributed by atoms with Gasteiger partial charge in [0.15, 0.2) is 0 Å². The Morgan fingerprint density at radius 2 is 1.00 bits per heavy atom. The summed E-state index contributed by atoms with van der Waals surface area (Å²) in [4.78, 5) is 0. The molecule has 0 spiro atoms. The van der Waals surface area contributed by atoms with Gasteiger partial charge in [0.2, 0.25) is 0 Å². The summed E-state index contributed by atoms with van der Waals surface area (Å²) in [5, 5.41) is 0. The summed E-state index contributed by atoms with van der Waals surface area (Å²) in [7, 11) is 0. The van der Waals surface area contributed by atoms with Crippen molar-refractivity contribution in [3.63, 3.8) is 0 Å². The molecule has 0 radical (unpaired) electrons. The summed E-state index contributed by atoms with van der Waals surface area (Å²) in [5.41, 5.74) is 2.66. The number of rotatable bonds is 0. The van der Waals surface area contributed by atoms with Crippen LogP contribution >= 0.6 is 11.6 Å². The topological polar surface area (TPSA) is 0 Å². The van der Waals surface area contributed by atoms with Crippen molar-refractivity contribution < 1.29 is 0 Å². The van der Waals surface area contributed by atoms with Crippen LogP contribution in [0.1, 0.15) is 11.1 Å².